The van der Waals surface area contributed by atoms with Gasteiger partial charge in [0.25, 0.3) is 0 Å². The molecule has 0 atom stereocenters. The van der Waals surface area contributed by atoms with Gasteiger partial charge in [-0.3, -0.25) is 4.57 Å². The summed E-state index contributed by atoms with van der Waals surface area (Å²) in [4.78, 5) is 30.3. The third-order valence-corrected chi connectivity index (χ3v) is 4.21. The molecule has 23 heavy (non-hydrogen) atoms. The highest BCUT2D eigenvalue weighted by molar-refractivity contribution is 7.50. The van der Waals surface area contributed by atoms with Gasteiger partial charge in [-0.1, -0.05) is 35.9 Å². The van der Waals surface area contributed by atoms with Crippen LogP contribution in [0.25, 0.3) is 11.2 Å². The van der Waals surface area contributed by atoms with Crippen molar-refractivity contribution in [2.75, 3.05) is 5.73 Å². The first-order valence-corrected chi connectivity index (χ1v) is 8.75. The second-order valence-corrected chi connectivity index (χ2v) is 7.06. The first kappa shape index (κ1) is 15.9. The number of nitrogens with zero attached hydrogens (tertiary/aromatic N) is 4. The molecule has 0 spiro atoms. The zero-order valence-corrected chi connectivity index (χ0v) is 13.4. The first-order valence-electron chi connectivity index (χ1n) is 6.58. The number of nitrogen functional groups attached to an aromatic ring is 1. The molecule has 0 unspecified atom stereocenters. The molecule has 120 valence electrons. The highest BCUT2D eigenvalue weighted by Gasteiger charge is 2.15. The van der Waals surface area contributed by atoms with Gasteiger partial charge in [-0.05, 0) is 11.1 Å². The topological polar surface area (TPSA) is 127 Å². The number of hydrogen-bond acceptors (Lipinski definition) is 5. The van der Waals surface area contributed by atoms with E-state index in [1.54, 1.807) is 29.1 Å². The molecule has 3 rings (SSSR count). The number of aromatic nitrogens is 4. The lowest BCUT2D eigenvalue weighted by molar-refractivity contribution is 0.371. The standard InChI is InChI=1S/C13H13ClN5O3P/c14-11-10-12(18-13(15)17-11)19(7-16-10)5-8-2-1-3-9(4-8)6-23(20,21)22/h1-4,7H,5-6H2,(H2,15,17,18)(H2,20,21,22). The van der Waals surface area contributed by atoms with E-state index in [0.717, 1.165) is 5.56 Å². The highest BCUT2D eigenvalue weighted by atomic mass is 35.5. The van der Waals surface area contributed by atoms with E-state index in [-0.39, 0.29) is 17.3 Å². The van der Waals surface area contributed by atoms with Crippen LogP contribution in [0.3, 0.4) is 0 Å². The number of imidazole rings is 1. The minimum absolute atomic E-state index is 0.0551. The number of benzene rings is 1. The highest BCUT2D eigenvalue weighted by Crippen LogP contribution is 2.39. The molecule has 10 heteroatoms. The molecule has 0 aliphatic carbocycles. The summed E-state index contributed by atoms with van der Waals surface area (Å²) in [7, 11) is -4.10. The lowest BCUT2D eigenvalue weighted by atomic mass is 10.1. The number of nitrogens with two attached hydrogens (primary N) is 1. The summed E-state index contributed by atoms with van der Waals surface area (Å²) in [6.45, 7) is 0.415. The van der Waals surface area contributed by atoms with Crippen LogP contribution in [-0.4, -0.2) is 29.3 Å². The summed E-state index contributed by atoms with van der Waals surface area (Å²) < 4.78 is 12.9. The van der Waals surface area contributed by atoms with Crippen LogP contribution in [-0.2, 0) is 17.3 Å². The van der Waals surface area contributed by atoms with Gasteiger partial charge < -0.3 is 20.1 Å². The van der Waals surface area contributed by atoms with Gasteiger partial charge in [-0.25, -0.2) is 4.98 Å². The van der Waals surface area contributed by atoms with E-state index in [9.17, 15) is 4.57 Å². The van der Waals surface area contributed by atoms with Crippen LogP contribution in [0, 0.1) is 0 Å². The van der Waals surface area contributed by atoms with Gasteiger partial charge in [0.2, 0.25) is 5.95 Å². The zero-order chi connectivity index (χ0) is 16.6. The smallest absolute Gasteiger partial charge is 0.329 e. The van der Waals surface area contributed by atoms with Crippen molar-refractivity contribution in [3.8, 4) is 0 Å². The van der Waals surface area contributed by atoms with Crippen LogP contribution >= 0.6 is 19.2 Å². The third-order valence-electron chi connectivity index (χ3n) is 3.17. The lowest BCUT2D eigenvalue weighted by Crippen LogP contribution is -2.02. The van der Waals surface area contributed by atoms with Crippen molar-refractivity contribution in [3.63, 3.8) is 0 Å². The summed E-state index contributed by atoms with van der Waals surface area (Å²) >= 11 is 5.98. The summed E-state index contributed by atoms with van der Waals surface area (Å²) in [5.74, 6) is 0.0551. The maximum Gasteiger partial charge on any atom is 0.329 e. The van der Waals surface area contributed by atoms with Crippen molar-refractivity contribution in [1.29, 1.82) is 0 Å². The van der Waals surface area contributed by atoms with E-state index >= 15 is 0 Å². The average molecular weight is 354 g/mol. The number of hydrogen-bond donors (Lipinski definition) is 3. The Balaban J connectivity index is 1.94. The van der Waals surface area contributed by atoms with E-state index in [1.807, 2.05) is 6.07 Å². The molecular weight excluding hydrogens is 341 g/mol. The maximum absolute atomic E-state index is 11.1. The number of anilines is 1. The molecule has 4 N–H and O–H groups in total. The number of fused-ring (bicyclic) bond motifs is 1. The molecule has 0 radical (unpaired) electrons. The normalized spacial score (nSPS) is 12.0. The molecule has 2 aromatic heterocycles. The molecule has 0 bridgehead atoms. The Hall–Kier alpha value is -1.99. The van der Waals surface area contributed by atoms with Gasteiger partial charge in [0.05, 0.1) is 19.0 Å². The van der Waals surface area contributed by atoms with Crippen LogP contribution in [0.4, 0.5) is 5.95 Å². The molecule has 3 aromatic rings. The lowest BCUT2D eigenvalue weighted by Gasteiger charge is -2.08. The quantitative estimate of drug-likeness (QED) is 0.482. The van der Waals surface area contributed by atoms with E-state index < -0.39 is 7.60 Å². The number of rotatable bonds is 4. The summed E-state index contributed by atoms with van der Waals surface area (Å²) in [5.41, 5.74) is 7.97. The predicted molar refractivity (Wildman–Crippen MR) is 86.0 cm³/mol. The van der Waals surface area contributed by atoms with Gasteiger partial charge >= 0.3 is 7.60 Å². The monoisotopic (exact) mass is 353 g/mol. The van der Waals surface area contributed by atoms with Gasteiger partial charge in [-0.2, -0.15) is 9.97 Å². The Bertz CT molecular complexity index is 923. The first-order chi connectivity index (χ1) is 10.8. The van der Waals surface area contributed by atoms with Gasteiger partial charge in [0, 0.05) is 0 Å². The fraction of sp³-hybridized carbons (Fsp3) is 0.154. The third kappa shape index (κ3) is 3.68. The zero-order valence-electron chi connectivity index (χ0n) is 11.8. The molecular formula is C13H13ClN5O3P. The van der Waals surface area contributed by atoms with Crippen molar-refractivity contribution in [3.05, 3.63) is 46.9 Å². The minimum atomic E-state index is -4.10. The van der Waals surface area contributed by atoms with E-state index in [2.05, 4.69) is 15.0 Å². The molecule has 0 amide bonds. The van der Waals surface area contributed by atoms with Crippen LogP contribution in [0.5, 0.6) is 0 Å². The molecule has 1 aromatic carbocycles. The van der Waals surface area contributed by atoms with Gasteiger partial charge in [0.1, 0.15) is 5.52 Å². The predicted octanol–water partition coefficient (Wildman–Crippen LogP) is 1.79. The summed E-state index contributed by atoms with van der Waals surface area (Å²) in [5, 5.41) is 0.182. The van der Waals surface area contributed by atoms with Crippen LogP contribution < -0.4 is 5.73 Å². The van der Waals surface area contributed by atoms with Crippen molar-refractivity contribution >= 4 is 36.3 Å². The Morgan fingerprint density at radius 2 is 2.00 bits per heavy atom. The largest absolute Gasteiger partial charge is 0.368 e. The molecule has 8 nitrogen and oxygen atoms in total. The Labute approximate surface area is 136 Å². The molecule has 0 fully saturated rings. The fourth-order valence-corrected chi connectivity index (χ4v) is 3.19. The summed E-state index contributed by atoms with van der Waals surface area (Å²) in [6, 6.07) is 7.00. The van der Waals surface area contributed by atoms with E-state index in [1.165, 1.54) is 0 Å². The SMILES string of the molecule is Nc1nc(Cl)c2ncn(Cc3cccc(CP(=O)(O)O)c3)c2n1. The van der Waals surface area contributed by atoms with Crippen LogP contribution in [0.15, 0.2) is 30.6 Å². The Kier molecular flexibility index (Phi) is 4.08. The van der Waals surface area contributed by atoms with E-state index in [4.69, 9.17) is 27.1 Å². The molecule has 0 aliphatic heterocycles. The van der Waals surface area contributed by atoms with Crippen molar-refractivity contribution in [1.82, 2.24) is 19.5 Å². The van der Waals surface area contributed by atoms with Crippen molar-refractivity contribution in [2.24, 2.45) is 0 Å². The molecule has 0 saturated heterocycles. The Morgan fingerprint density at radius 3 is 2.74 bits per heavy atom. The van der Waals surface area contributed by atoms with Crippen molar-refractivity contribution in [2.45, 2.75) is 12.7 Å². The second-order valence-electron chi connectivity index (χ2n) is 5.06. The Morgan fingerprint density at radius 1 is 1.26 bits per heavy atom. The van der Waals surface area contributed by atoms with Crippen molar-refractivity contribution < 1.29 is 14.4 Å². The second kappa shape index (κ2) is 5.90. The van der Waals surface area contributed by atoms with Gasteiger partial charge in [0.15, 0.2) is 10.8 Å². The summed E-state index contributed by atoms with van der Waals surface area (Å²) in [6.07, 6.45) is 1.27. The fourth-order valence-electron chi connectivity index (χ4n) is 2.30. The van der Waals surface area contributed by atoms with Crippen LogP contribution in [0.1, 0.15) is 11.1 Å². The average Bonchev–Trinajstić information content (AvgIpc) is 2.80. The minimum Gasteiger partial charge on any atom is -0.368 e. The number of halogens is 1. The molecule has 0 aliphatic rings. The van der Waals surface area contributed by atoms with Gasteiger partial charge in [-0.15, -0.1) is 0 Å². The van der Waals surface area contributed by atoms with Crippen LogP contribution in [0.2, 0.25) is 5.15 Å². The molecule has 0 saturated carbocycles. The molecule has 2 heterocycles. The van der Waals surface area contributed by atoms with E-state index in [0.29, 0.717) is 23.3 Å². The maximum atomic E-state index is 11.1.